The van der Waals surface area contributed by atoms with Gasteiger partial charge in [-0.3, -0.25) is 4.98 Å². The third-order valence-electron chi connectivity index (χ3n) is 3.48. The number of aromatic nitrogens is 1. The van der Waals surface area contributed by atoms with Gasteiger partial charge in [0.25, 0.3) is 0 Å². The lowest BCUT2D eigenvalue weighted by molar-refractivity contribution is 0.194. The van der Waals surface area contributed by atoms with Crippen LogP contribution in [-0.2, 0) is 0 Å². The van der Waals surface area contributed by atoms with E-state index in [0.29, 0.717) is 6.04 Å². The molecule has 0 radical (unpaired) electrons. The van der Waals surface area contributed by atoms with Gasteiger partial charge in [0.15, 0.2) is 0 Å². The highest BCUT2D eigenvalue weighted by molar-refractivity contribution is 5.45. The number of hydrogen-bond donors (Lipinski definition) is 1. The minimum absolute atomic E-state index is 0.481. The van der Waals surface area contributed by atoms with Gasteiger partial charge in [0.1, 0.15) is 0 Å². The molecule has 0 amide bonds. The van der Waals surface area contributed by atoms with Gasteiger partial charge >= 0.3 is 0 Å². The van der Waals surface area contributed by atoms with Crippen molar-refractivity contribution in [1.29, 1.82) is 0 Å². The molecule has 2 rings (SSSR count). The Balaban J connectivity index is 2.08. The molecule has 0 aliphatic heterocycles. The summed E-state index contributed by atoms with van der Waals surface area (Å²) in [6.45, 7) is 1.74. The molecule has 1 N–H and O–H groups in total. The summed E-state index contributed by atoms with van der Waals surface area (Å²) < 4.78 is 0. The molecule has 0 saturated heterocycles. The number of aliphatic hydroxyl groups is 1. The van der Waals surface area contributed by atoms with E-state index in [1.54, 1.807) is 6.92 Å². The zero-order valence-electron chi connectivity index (χ0n) is 10.1. The lowest BCUT2D eigenvalue weighted by Crippen LogP contribution is -2.28. The summed E-state index contributed by atoms with van der Waals surface area (Å²) in [5, 5.41) is 9.39. The minimum atomic E-state index is -0.481. The first kappa shape index (κ1) is 11.4. The zero-order chi connectivity index (χ0) is 11.5. The van der Waals surface area contributed by atoms with E-state index in [4.69, 9.17) is 0 Å². The molecule has 1 aliphatic carbocycles. The summed E-state index contributed by atoms with van der Waals surface area (Å²) in [5.41, 5.74) is 1.89. The van der Waals surface area contributed by atoms with E-state index < -0.39 is 6.10 Å². The van der Waals surface area contributed by atoms with Crippen molar-refractivity contribution >= 4 is 5.69 Å². The summed E-state index contributed by atoms with van der Waals surface area (Å²) in [4.78, 5) is 6.59. The normalized spacial score (nSPS) is 18.7. The SMILES string of the molecule is C[C@@H](O)c1ccc(N(C)C2CCCC2)cn1. The second kappa shape index (κ2) is 4.83. The third kappa shape index (κ3) is 2.35. The van der Waals surface area contributed by atoms with E-state index in [0.717, 1.165) is 11.4 Å². The van der Waals surface area contributed by atoms with E-state index in [2.05, 4.69) is 16.9 Å². The first-order valence-electron chi connectivity index (χ1n) is 6.05. The number of hydrogen-bond acceptors (Lipinski definition) is 3. The first-order valence-corrected chi connectivity index (χ1v) is 6.05. The molecule has 0 aromatic carbocycles. The van der Waals surface area contributed by atoms with Gasteiger partial charge in [-0.1, -0.05) is 12.8 Å². The Morgan fingerprint density at radius 2 is 2.06 bits per heavy atom. The average molecular weight is 220 g/mol. The molecular formula is C13H20N2O. The predicted molar refractivity (Wildman–Crippen MR) is 65.5 cm³/mol. The minimum Gasteiger partial charge on any atom is -0.387 e. The van der Waals surface area contributed by atoms with Crippen LogP contribution >= 0.6 is 0 Å². The lowest BCUT2D eigenvalue weighted by atomic mass is 10.2. The van der Waals surface area contributed by atoms with E-state index >= 15 is 0 Å². The van der Waals surface area contributed by atoms with Crippen LogP contribution in [0.5, 0.6) is 0 Å². The highest BCUT2D eigenvalue weighted by Crippen LogP contribution is 2.26. The largest absolute Gasteiger partial charge is 0.387 e. The van der Waals surface area contributed by atoms with Crippen LogP contribution < -0.4 is 4.90 Å². The highest BCUT2D eigenvalue weighted by atomic mass is 16.3. The Hall–Kier alpha value is -1.09. The molecular weight excluding hydrogens is 200 g/mol. The molecule has 0 bridgehead atoms. The fraction of sp³-hybridized carbons (Fsp3) is 0.615. The van der Waals surface area contributed by atoms with Crippen LogP contribution in [0, 0.1) is 0 Å². The molecule has 0 spiro atoms. The number of pyridine rings is 1. The maximum Gasteiger partial charge on any atom is 0.0931 e. The number of nitrogens with zero attached hydrogens (tertiary/aromatic N) is 2. The van der Waals surface area contributed by atoms with Crippen LogP contribution in [0.25, 0.3) is 0 Å². The van der Waals surface area contributed by atoms with Gasteiger partial charge < -0.3 is 10.0 Å². The topological polar surface area (TPSA) is 36.4 Å². The molecule has 1 aromatic heterocycles. The number of rotatable bonds is 3. The second-order valence-corrected chi connectivity index (χ2v) is 4.67. The highest BCUT2D eigenvalue weighted by Gasteiger charge is 2.19. The van der Waals surface area contributed by atoms with E-state index in [1.807, 2.05) is 18.3 Å². The Kier molecular flexibility index (Phi) is 3.44. The average Bonchev–Trinajstić information content (AvgIpc) is 2.81. The summed E-state index contributed by atoms with van der Waals surface area (Å²) in [6.07, 6.45) is 6.64. The van der Waals surface area contributed by atoms with Crippen molar-refractivity contribution in [3.05, 3.63) is 24.0 Å². The summed E-state index contributed by atoms with van der Waals surface area (Å²) in [7, 11) is 2.13. The van der Waals surface area contributed by atoms with Crippen LogP contribution in [0.3, 0.4) is 0 Å². The van der Waals surface area contributed by atoms with Crippen LogP contribution in [0.2, 0.25) is 0 Å². The summed E-state index contributed by atoms with van der Waals surface area (Å²) >= 11 is 0. The quantitative estimate of drug-likeness (QED) is 0.850. The molecule has 1 atom stereocenters. The molecule has 0 unspecified atom stereocenters. The van der Waals surface area contributed by atoms with Crippen LogP contribution in [-0.4, -0.2) is 23.2 Å². The van der Waals surface area contributed by atoms with E-state index in [9.17, 15) is 5.11 Å². The van der Waals surface area contributed by atoms with Crippen molar-refractivity contribution in [1.82, 2.24) is 4.98 Å². The van der Waals surface area contributed by atoms with Crippen molar-refractivity contribution in [2.24, 2.45) is 0 Å². The molecule has 88 valence electrons. The monoisotopic (exact) mass is 220 g/mol. The first-order chi connectivity index (χ1) is 7.68. The van der Waals surface area contributed by atoms with Crippen molar-refractivity contribution in [3.63, 3.8) is 0 Å². The van der Waals surface area contributed by atoms with E-state index in [-0.39, 0.29) is 0 Å². The lowest BCUT2D eigenvalue weighted by Gasteiger charge is -2.26. The fourth-order valence-corrected chi connectivity index (χ4v) is 2.36. The van der Waals surface area contributed by atoms with Crippen molar-refractivity contribution in [3.8, 4) is 0 Å². The maximum atomic E-state index is 9.39. The number of anilines is 1. The molecule has 1 saturated carbocycles. The molecule has 16 heavy (non-hydrogen) atoms. The van der Waals surface area contributed by atoms with Crippen molar-refractivity contribution in [2.45, 2.75) is 44.8 Å². The van der Waals surface area contributed by atoms with Gasteiger partial charge in [-0.05, 0) is 31.9 Å². The fourth-order valence-electron chi connectivity index (χ4n) is 2.36. The Morgan fingerprint density at radius 3 is 2.56 bits per heavy atom. The van der Waals surface area contributed by atoms with Crippen LogP contribution in [0.1, 0.15) is 44.4 Å². The zero-order valence-corrected chi connectivity index (χ0v) is 10.1. The molecule has 3 nitrogen and oxygen atoms in total. The Labute approximate surface area is 97.1 Å². The maximum absolute atomic E-state index is 9.39. The molecule has 1 aromatic rings. The predicted octanol–water partition coefficient (Wildman–Crippen LogP) is 2.51. The smallest absolute Gasteiger partial charge is 0.0931 e. The molecule has 1 heterocycles. The summed E-state index contributed by atoms with van der Waals surface area (Å²) in [5.74, 6) is 0. The van der Waals surface area contributed by atoms with Gasteiger partial charge in [0, 0.05) is 13.1 Å². The molecule has 1 aliphatic rings. The van der Waals surface area contributed by atoms with Crippen LogP contribution in [0.4, 0.5) is 5.69 Å². The van der Waals surface area contributed by atoms with Gasteiger partial charge in [-0.15, -0.1) is 0 Å². The molecule has 1 fully saturated rings. The van der Waals surface area contributed by atoms with Crippen molar-refractivity contribution in [2.75, 3.05) is 11.9 Å². The van der Waals surface area contributed by atoms with Gasteiger partial charge in [0.2, 0.25) is 0 Å². The van der Waals surface area contributed by atoms with Gasteiger partial charge in [0.05, 0.1) is 23.7 Å². The van der Waals surface area contributed by atoms with Crippen molar-refractivity contribution < 1.29 is 5.11 Å². The second-order valence-electron chi connectivity index (χ2n) is 4.67. The van der Waals surface area contributed by atoms with Gasteiger partial charge in [-0.25, -0.2) is 0 Å². The Bertz CT molecular complexity index is 328. The van der Waals surface area contributed by atoms with Crippen LogP contribution in [0.15, 0.2) is 18.3 Å². The molecule has 3 heteroatoms. The number of aliphatic hydroxyl groups excluding tert-OH is 1. The standard InChI is InChI=1S/C13H20N2O/c1-10(16)13-8-7-12(9-14-13)15(2)11-5-3-4-6-11/h7-11,16H,3-6H2,1-2H3/t10-/m1/s1. The Morgan fingerprint density at radius 1 is 1.38 bits per heavy atom. The third-order valence-corrected chi connectivity index (χ3v) is 3.48. The van der Waals surface area contributed by atoms with Gasteiger partial charge in [-0.2, -0.15) is 0 Å². The summed E-state index contributed by atoms with van der Waals surface area (Å²) in [6, 6.07) is 4.62. The van der Waals surface area contributed by atoms with E-state index in [1.165, 1.54) is 25.7 Å².